The fourth-order valence-corrected chi connectivity index (χ4v) is 3.39. The maximum atomic E-state index is 12.7. The number of aromatic nitrogens is 2. The molecule has 0 bridgehead atoms. The fraction of sp³-hybridized carbons (Fsp3) is 0.227. The summed E-state index contributed by atoms with van der Waals surface area (Å²) in [5, 5.41) is 22.6. The van der Waals surface area contributed by atoms with Crippen molar-refractivity contribution in [2.75, 3.05) is 36.4 Å². The molecule has 1 amide bonds. The maximum absolute atomic E-state index is 12.7. The molecule has 1 aliphatic heterocycles. The standard InChI is InChI=1S/C22H22N6O3/c1-16-2-6-18(7-3-16)23-20-10-11-21(25-24-20)26-12-14-27(15-13-26)22(29)17-4-8-19(9-5-17)28(30)31/h2-11H,12-15H2,1H3,(H,23,24). The minimum atomic E-state index is -0.477. The third-order valence-electron chi connectivity index (χ3n) is 5.19. The SMILES string of the molecule is Cc1ccc(Nc2ccc(N3CCN(C(=O)c4ccc([N+](=O)[O-])cc4)CC3)nn2)cc1. The molecule has 0 saturated carbocycles. The molecule has 1 aliphatic rings. The van der Waals surface area contributed by atoms with Gasteiger partial charge in [0.25, 0.3) is 11.6 Å². The molecule has 158 valence electrons. The molecule has 31 heavy (non-hydrogen) atoms. The molecule has 2 heterocycles. The zero-order chi connectivity index (χ0) is 21.8. The van der Waals surface area contributed by atoms with E-state index >= 15 is 0 Å². The molecule has 1 fully saturated rings. The first-order chi connectivity index (χ1) is 15.0. The smallest absolute Gasteiger partial charge is 0.269 e. The average molecular weight is 418 g/mol. The zero-order valence-corrected chi connectivity index (χ0v) is 17.1. The number of piperazine rings is 1. The van der Waals surface area contributed by atoms with Crippen molar-refractivity contribution in [3.8, 4) is 0 Å². The third kappa shape index (κ3) is 4.77. The predicted octanol–water partition coefficient (Wildman–Crippen LogP) is 3.40. The molecule has 0 atom stereocenters. The summed E-state index contributed by atoms with van der Waals surface area (Å²) < 4.78 is 0. The lowest BCUT2D eigenvalue weighted by Gasteiger charge is -2.35. The van der Waals surface area contributed by atoms with E-state index in [0.29, 0.717) is 37.6 Å². The molecule has 0 aliphatic carbocycles. The molecular weight excluding hydrogens is 396 g/mol. The number of benzene rings is 2. The number of non-ortho nitro benzene ring substituents is 1. The van der Waals surface area contributed by atoms with Crippen LogP contribution in [0.3, 0.4) is 0 Å². The summed E-state index contributed by atoms with van der Waals surface area (Å²) in [6, 6.07) is 17.5. The summed E-state index contributed by atoms with van der Waals surface area (Å²) in [6.45, 7) is 4.40. The lowest BCUT2D eigenvalue weighted by molar-refractivity contribution is -0.384. The summed E-state index contributed by atoms with van der Waals surface area (Å²) in [6.07, 6.45) is 0. The second-order valence-corrected chi connectivity index (χ2v) is 7.35. The van der Waals surface area contributed by atoms with E-state index in [-0.39, 0.29) is 11.6 Å². The highest BCUT2D eigenvalue weighted by Gasteiger charge is 2.23. The van der Waals surface area contributed by atoms with Crippen molar-refractivity contribution in [2.24, 2.45) is 0 Å². The Balaban J connectivity index is 1.33. The number of nitrogens with zero attached hydrogens (tertiary/aromatic N) is 5. The van der Waals surface area contributed by atoms with Crippen molar-refractivity contribution in [3.63, 3.8) is 0 Å². The van der Waals surface area contributed by atoms with Gasteiger partial charge in [-0.15, -0.1) is 10.2 Å². The van der Waals surface area contributed by atoms with Gasteiger partial charge >= 0.3 is 0 Å². The molecule has 0 spiro atoms. The molecule has 0 radical (unpaired) electrons. The number of nitro benzene ring substituents is 1. The highest BCUT2D eigenvalue weighted by molar-refractivity contribution is 5.94. The Morgan fingerprint density at radius 3 is 2.19 bits per heavy atom. The zero-order valence-electron chi connectivity index (χ0n) is 17.1. The van der Waals surface area contributed by atoms with E-state index in [2.05, 4.69) is 20.4 Å². The van der Waals surface area contributed by atoms with Crippen LogP contribution in [-0.2, 0) is 0 Å². The predicted molar refractivity (Wildman–Crippen MR) is 118 cm³/mol. The van der Waals surface area contributed by atoms with Crippen LogP contribution >= 0.6 is 0 Å². The largest absolute Gasteiger partial charge is 0.352 e. The van der Waals surface area contributed by atoms with Crippen LogP contribution in [0.1, 0.15) is 15.9 Å². The first kappa shape index (κ1) is 20.3. The van der Waals surface area contributed by atoms with Gasteiger partial charge < -0.3 is 15.1 Å². The monoisotopic (exact) mass is 418 g/mol. The second kappa shape index (κ2) is 8.78. The number of aryl methyl sites for hydroxylation is 1. The number of hydrogen-bond donors (Lipinski definition) is 1. The van der Waals surface area contributed by atoms with Crippen LogP contribution in [0.4, 0.5) is 23.0 Å². The Labute approximate surface area is 179 Å². The number of carbonyl (C=O) groups is 1. The van der Waals surface area contributed by atoms with Crippen LogP contribution in [0, 0.1) is 17.0 Å². The minimum absolute atomic E-state index is 0.0275. The summed E-state index contributed by atoms with van der Waals surface area (Å²) in [5.41, 5.74) is 2.56. The lowest BCUT2D eigenvalue weighted by Crippen LogP contribution is -2.49. The van der Waals surface area contributed by atoms with E-state index < -0.39 is 4.92 Å². The number of amides is 1. The molecule has 9 heteroatoms. The second-order valence-electron chi connectivity index (χ2n) is 7.35. The van der Waals surface area contributed by atoms with Gasteiger partial charge in [0.1, 0.15) is 0 Å². The molecule has 2 aromatic carbocycles. The van der Waals surface area contributed by atoms with Crippen LogP contribution in [0.25, 0.3) is 0 Å². The number of anilines is 3. The molecule has 9 nitrogen and oxygen atoms in total. The summed E-state index contributed by atoms with van der Waals surface area (Å²) >= 11 is 0. The Morgan fingerprint density at radius 2 is 1.61 bits per heavy atom. The first-order valence-corrected chi connectivity index (χ1v) is 9.96. The van der Waals surface area contributed by atoms with Gasteiger partial charge in [-0.25, -0.2) is 0 Å². The molecule has 0 unspecified atom stereocenters. The minimum Gasteiger partial charge on any atom is -0.352 e. The average Bonchev–Trinajstić information content (AvgIpc) is 2.81. The van der Waals surface area contributed by atoms with Gasteiger partial charge in [-0.05, 0) is 43.3 Å². The topological polar surface area (TPSA) is 104 Å². The van der Waals surface area contributed by atoms with E-state index in [1.807, 2.05) is 43.3 Å². The van der Waals surface area contributed by atoms with Gasteiger partial charge in [-0.2, -0.15) is 0 Å². The van der Waals surface area contributed by atoms with Crippen LogP contribution < -0.4 is 10.2 Å². The highest BCUT2D eigenvalue weighted by atomic mass is 16.6. The third-order valence-corrected chi connectivity index (χ3v) is 5.19. The normalized spacial score (nSPS) is 13.7. The molecule has 1 N–H and O–H groups in total. The number of rotatable bonds is 5. The van der Waals surface area contributed by atoms with Gasteiger partial charge in [0.15, 0.2) is 11.6 Å². The van der Waals surface area contributed by atoms with Crippen molar-refractivity contribution in [1.82, 2.24) is 15.1 Å². The summed E-state index contributed by atoms with van der Waals surface area (Å²) in [7, 11) is 0. The number of nitrogens with one attached hydrogen (secondary N) is 1. The Bertz CT molecular complexity index is 1060. The van der Waals surface area contributed by atoms with Crippen molar-refractivity contribution in [3.05, 3.63) is 81.9 Å². The number of carbonyl (C=O) groups excluding carboxylic acids is 1. The summed E-state index contributed by atoms with van der Waals surface area (Å²) in [4.78, 5) is 26.8. The van der Waals surface area contributed by atoms with Crippen LogP contribution in [0.2, 0.25) is 0 Å². The van der Waals surface area contributed by atoms with Crippen molar-refractivity contribution >= 4 is 28.9 Å². The van der Waals surface area contributed by atoms with Gasteiger partial charge in [-0.1, -0.05) is 17.7 Å². The lowest BCUT2D eigenvalue weighted by atomic mass is 10.1. The van der Waals surface area contributed by atoms with Crippen molar-refractivity contribution in [2.45, 2.75) is 6.92 Å². The van der Waals surface area contributed by atoms with E-state index in [1.54, 1.807) is 4.90 Å². The van der Waals surface area contributed by atoms with E-state index in [0.717, 1.165) is 11.5 Å². The maximum Gasteiger partial charge on any atom is 0.269 e. The van der Waals surface area contributed by atoms with Gasteiger partial charge in [0, 0.05) is 49.6 Å². The number of nitro groups is 1. The Kier molecular flexibility index (Phi) is 5.74. The van der Waals surface area contributed by atoms with E-state index in [9.17, 15) is 14.9 Å². The van der Waals surface area contributed by atoms with E-state index in [4.69, 9.17) is 0 Å². The Morgan fingerprint density at radius 1 is 0.935 bits per heavy atom. The summed E-state index contributed by atoms with van der Waals surface area (Å²) in [5.74, 6) is 1.30. The highest BCUT2D eigenvalue weighted by Crippen LogP contribution is 2.19. The molecule has 1 aromatic heterocycles. The quantitative estimate of drug-likeness (QED) is 0.500. The molecule has 3 aromatic rings. The fourth-order valence-electron chi connectivity index (χ4n) is 3.39. The van der Waals surface area contributed by atoms with Crippen molar-refractivity contribution < 1.29 is 9.72 Å². The molecular formula is C22H22N6O3. The van der Waals surface area contributed by atoms with Gasteiger partial charge in [-0.3, -0.25) is 14.9 Å². The Hall–Kier alpha value is -4.01. The van der Waals surface area contributed by atoms with Crippen LogP contribution in [-0.4, -0.2) is 52.1 Å². The van der Waals surface area contributed by atoms with Crippen LogP contribution in [0.15, 0.2) is 60.7 Å². The van der Waals surface area contributed by atoms with Crippen molar-refractivity contribution in [1.29, 1.82) is 0 Å². The van der Waals surface area contributed by atoms with E-state index in [1.165, 1.54) is 29.8 Å². The molecule has 4 rings (SSSR count). The van der Waals surface area contributed by atoms with Gasteiger partial charge in [0.05, 0.1) is 4.92 Å². The number of hydrogen-bond acceptors (Lipinski definition) is 7. The molecule has 1 saturated heterocycles. The van der Waals surface area contributed by atoms with Gasteiger partial charge in [0.2, 0.25) is 0 Å². The first-order valence-electron chi connectivity index (χ1n) is 9.96. The van der Waals surface area contributed by atoms with Crippen LogP contribution in [0.5, 0.6) is 0 Å².